The van der Waals surface area contributed by atoms with Gasteiger partial charge >= 0.3 is 0 Å². The Labute approximate surface area is 127 Å². The average Bonchev–Trinajstić information content (AvgIpc) is 3.14. The zero-order valence-electron chi connectivity index (χ0n) is 13.0. The van der Waals surface area contributed by atoms with E-state index >= 15 is 0 Å². The zero-order chi connectivity index (χ0) is 14.7. The highest BCUT2D eigenvalue weighted by molar-refractivity contribution is 5.33. The Hall–Kier alpha value is -1.61. The van der Waals surface area contributed by atoms with Gasteiger partial charge < -0.3 is 5.32 Å². The van der Waals surface area contributed by atoms with Crippen LogP contribution in [0.1, 0.15) is 43.1 Å². The van der Waals surface area contributed by atoms with Crippen LogP contribution in [0.15, 0.2) is 36.5 Å². The maximum Gasteiger partial charge on any atom is 0.0556 e. The predicted octanol–water partition coefficient (Wildman–Crippen LogP) is 3.36. The van der Waals surface area contributed by atoms with Crippen LogP contribution >= 0.6 is 0 Å². The fourth-order valence-corrected chi connectivity index (χ4v) is 3.51. The lowest BCUT2D eigenvalue weighted by molar-refractivity contribution is 0.352. The first-order valence-corrected chi connectivity index (χ1v) is 8.15. The lowest BCUT2D eigenvalue weighted by Crippen LogP contribution is -2.31. The first kappa shape index (κ1) is 14.3. The van der Waals surface area contributed by atoms with Crippen molar-refractivity contribution in [2.24, 2.45) is 5.92 Å². The van der Waals surface area contributed by atoms with Crippen molar-refractivity contribution in [2.45, 2.75) is 45.7 Å². The number of rotatable bonds is 6. The normalized spacial score (nSPS) is 16.1. The molecule has 1 unspecified atom stereocenters. The van der Waals surface area contributed by atoms with E-state index in [0.717, 1.165) is 19.5 Å². The van der Waals surface area contributed by atoms with Gasteiger partial charge in [-0.15, -0.1) is 0 Å². The first-order chi connectivity index (χ1) is 10.3. The third kappa shape index (κ3) is 2.88. The Morgan fingerprint density at radius 1 is 1.19 bits per heavy atom. The van der Waals surface area contributed by atoms with Crippen LogP contribution in [0.2, 0.25) is 0 Å². The maximum atomic E-state index is 4.46. The van der Waals surface area contributed by atoms with Crippen LogP contribution in [0.25, 0.3) is 0 Å². The molecule has 0 aliphatic heterocycles. The van der Waals surface area contributed by atoms with Crippen molar-refractivity contribution in [3.63, 3.8) is 0 Å². The van der Waals surface area contributed by atoms with E-state index < -0.39 is 0 Å². The highest BCUT2D eigenvalue weighted by atomic mass is 15.3. The number of fused-ring (bicyclic) bond motifs is 1. The van der Waals surface area contributed by atoms with Crippen molar-refractivity contribution < 1.29 is 0 Å². The van der Waals surface area contributed by atoms with Crippen LogP contribution < -0.4 is 5.32 Å². The molecule has 0 amide bonds. The lowest BCUT2D eigenvalue weighted by atomic mass is 9.93. The van der Waals surface area contributed by atoms with Crippen molar-refractivity contribution in [1.29, 1.82) is 0 Å². The van der Waals surface area contributed by atoms with E-state index in [1.54, 1.807) is 0 Å². The molecule has 1 heterocycles. The molecule has 0 fully saturated rings. The van der Waals surface area contributed by atoms with Gasteiger partial charge in [0.15, 0.2) is 0 Å². The van der Waals surface area contributed by atoms with Crippen molar-refractivity contribution >= 4 is 0 Å². The molecule has 21 heavy (non-hydrogen) atoms. The van der Waals surface area contributed by atoms with Crippen molar-refractivity contribution in [3.8, 4) is 0 Å². The number of benzene rings is 1. The van der Waals surface area contributed by atoms with E-state index in [1.807, 2.05) is 6.20 Å². The molecule has 1 aliphatic rings. The summed E-state index contributed by atoms with van der Waals surface area (Å²) < 4.78 is 2.14. The molecule has 0 saturated carbocycles. The molecule has 0 radical (unpaired) electrons. The molecule has 1 aromatic heterocycles. The molecule has 3 heteroatoms. The smallest absolute Gasteiger partial charge is 0.0556 e. The Kier molecular flexibility index (Phi) is 4.39. The fraction of sp³-hybridized carbons (Fsp3) is 0.500. The molecule has 1 atom stereocenters. The van der Waals surface area contributed by atoms with Crippen molar-refractivity contribution in [1.82, 2.24) is 15.1 Å². The molecule has 112 valence electrons. The molecule has 2 aromatic rings. The molecule has 0 saturated heterocycles. The monoisotopic (exact) mass is 283 g/mol. The first-order valence-electron chi connectivity index (χ1n) is 8.15. The number of nitrogens with zero attached hydrogens (tertiary/aromatic N) is 2. The second-order valence-corrected chi connectivity index (χ2v) is 5.94. The molecule has 3 nitrogen and oxygen atoms in total. The minimum atomic E-state index is 0.403. The van der Waals surface area contributed by atoms with E-state index in [4.69, 9.17) is 0 Å². The zero-order valence-corrected chi connectivity index (χ0v) is 13.0. The molecule has 1 aliphatic carbocycles. The highest BCUT2D eigenvalue weighted by Gasteiger charge is 2.30. The van der Waals surface area contributed by atoms with Gasteiger partial charge in [-0.3, -0.25) is 4.68 Å². The van der Waals surface area contributed by atoms with Gasteiger partial charge in [-0.1, -0.05) is 31.2 Å². The Bertz CT molecular complexity index is 563. The summed E-state index contributed by atoms with van der Waals surface area (Å²) in [7, 11) is 0. The SMILES string of the molecule is CCCNC(c1ccnn1CC)C1Cc2ccccc2C1. The standard InChI is InChI=1S/C18H25N3/c1-3-10-19-18(17-9-11-20-21(17)4-2)16-12-14-7-5-6-8-15(14)13-16/h5-9,11,16,18-19H,3-4,10,12-13H2,1-2H3. The number of hydrogen-bond acceptors (Lipinski definition) is 2. The summed E-state index contributed by atoms with van der Waals surface area (Å²) in [4.78, 5) is 0. The minimum absolute atomic E-state index is 0.403. The number of hydrogen-bond donors (Lipinski definition) is 1. The summed E-state index contributed by atoms with van der Waals surface area (Å²) in [6, 6.07) is 11.5. The van der Waals surface area contributed by atoms with Gasteiger partial charge in [0.2, 0.25) is 0 Å². The topological polar surface area (TPSA) is 29.9 Å². The summed E-state index contributed by atoms with van der Waals surface area (Å²) in [5.41, 5.74) is 4.38. The molecule has 0 spiro atoms. The molecule has 0 bridgehead atoms. The molecule has 1 aromatic carbocycles. The summed E-state index contributed by atoms with van der Waals surface area (Å²) in [5, 5.41) is 8.22. The van der Waals surface area contributed by atoms with Crippen LogP contribution in [0.4, 0.5) is 0 Å². The van der Waals surface area contributed by atoms with Gasteiger partial charge in [-0.2, -0.15) is 5.10 Å². The average molecular weight is 283 g/mol. The molecule has 3 rings (SSSR count). The summed E-state index contributed by atoms with van der Waals surface area (Å²) in [6.45, 7) is 6.39. The van der Waals surface area contributed by atoms with Crippen LogP contribution in [-0.4, -0.2) is 16.3 Å². The Morgan fingerprint density at radius 2 is 1.90 bits per heavy atom. The van der Waals surface area contributed by atoms with Crippen molar-refractivity contribution in [2.75, 3.05) is 6.54 Å². The Balaban J connectivity index is 1.84. The van der Waals surface area contributed by atoms with Crippen molar-refractivity contribution in [3.05, 3.63) is 53.3 Å². The quantitative estimate of drug-likeness (QED) is 0.881. The van der Waals surface area contributed by atoms with Gasteiger partial charge in [0, 0.05) is 12.7 Å². The highest BCUT2D eigenvalue weighted by Crippen LogP contribution is 2.35. The summed E-state index contributed by atoms with van der Waals surface area (Å²) in [5.74, 6) is 0.635. The summed E-state index contributed by atoms with van der Waals surface area (Å²) >= 11 is 0. The fourth-order valence-electron chi connectivity index (χ4n) is 3.51. The van der Waals surface area contributed by atoms with E-state index in [2.05, 4.69) is 59.3 Å². The second-order valence-electron chi connectivity index (χ2n) is 5.94. The third-order valence-electron chi connectivity index (χ3n) is 4.54. The van der Waals surface area contributed by atoms with Gasteiger partial charge in [-0.05, 0) is 55.8 Å². The van der Waals surface area contributed by atoms with Gasteiger partial charge in [0.1, 0.15) is 0 Å². The maximum absolute atomic E-state index is 4.46. The predicted molar refractivity (Wildman–Crippen MR) is 86.3 cm³/mol. The molecule has 1 N–H and O–H groups in total. The number of aryl methyl sites for hydroxylation is 1. The van der Waals surface area contributed by atoms with Crippen LogP contribution in [0.5, 0.6) is 0 Å². The number of aromatic nitrogens is 2. The van der Waals surface area contributed by atoms with E-state index in [1.165, 1.54) is 29.7 Å². The van der Waals surface area contributed by atoms with Gasteiger partial charge in [0.05, 0.1) is 11.7 Å². The van der Waals surface area contributed by atoms with Crippen LogP contribution in [0, 0.1) is 5.92 Å². The van der Waals surface area contributed by atoms with Crippen LogP contribution in [0.3, 0.4) is 0 Å². The van der Waals surface area contributed by atoms with E-state index in [-0.39, 0.29) is 0 Å². The minimum Gasteiger partial charge on any atom is -0.308 e. The van der Waals surface area contributed by atoms with E-state index in [0.29, 0.717) is 12.0 Å². The largest absolute Gasteiger partial charge is 0.308 e. The van der Waals surface area contributed by atoms with E-state index in [9.17, 15) is 0 Å². The van der Waals surface area contributed by atoms with Crippen LogP contribution in [-0.2, 0) is 19.4 Å². The lowest BCUT2D eigenvalue weighted by Gasteiger charge is -2.25. The summed E-state index contributed by atoms with van der Waals surface area (Å²) in [6.07, 6.45) is 5.44. The third-order valence-corrected chi connectivity index (χ3v) is 4.54. The number of nitrogens with one attached hydrogen (secondary N) is 1. The second kappa shape index (κ2) is 6.44. The van der Waals surface area contributed by atoms with Gasteiger partial charge in [-0.25, -0.2) is 0 Å². The van der Waals surface area contributed by atoms with Gasteiger partial charge in [0.25, 0.3) is 0 Å². The molecular weight excluding hydrogens is 258 g/mol. The molecular formula is C18H25N3. The Morgan fingerprint density at radius 3 is 2.52 bits per heavy atom.